The van der Waals surface area contributed by atoms with E-state index in [-0.39, 0.29) is 5.91 Å². The lowest BCUT2D eigenvalue weighted by Gasteiger charge is -2.02. The molecule has 0 spiro atoms. The summed E-state index contributed by atoms with van der Waals surface area (Å²) in [6, 6.07) is 0. The molecule has 0 aliphatic heterocycles. The molecule has 0 saturated heterocycles. The standard InChI is InChI=1S/C7H13Cl2NO/c1-2-5-10-7(11)4-3-6(8)9/h6H,2-5H2,1H3,(H,10,11). The summed E-state index contributed by atoms with van der Waals surface area (Å²) in [5.41, 5.74) is 0. The first-order valence-electron chi connectivity index (χ1n) is 3.71. The predicted octanol–water partition coefficient (Wildman–Crippen LogP) is 2.10. The van der Waals surface area contributed by atoms with Crippen molar-refractivity contribution < 1.29 is 4.79 Å². The second-order valence-corrected chi connectivity index (χ2v) is 3.56. The van der Waals surface area contributed by atoms with Crippen LogP contribution in [0, 0.1) is 0 Å². The van der Waals surface area contributed by atoms with Crippen LogP contribution in [0.5, 0.6) is 0 Å². The summed E-state index contributed by atoms with van der Waals surface area (Å²) in [7, 11) is 0. The SMILES string of the molecule is CCCNC(=O)CCC(Cl)Cl. The fourth-order valence-electron chi connectivity index (χ4n) is 0.593. The second-order valence-electron chi connectivity index (χ2n) is 2.28. The molecule has 0 unspecified atom stereocenters. The first kappa shape index (κ1) is 11.1. The van der Waals surface area contributed by atoms with E-state index in [4.69, 9.17) is 23.2 Å². The van der Waals surface area contributed by atoms with Crippen LogP contribution < -0.4 is 5.32 Å². The normalized spacial score (nSPS) is 10.2. The van der Waals surface area contributed by atoms with Crippen LogP contribution >= 0.6 is 23.2 Å². The van der Waals surface area contributed by atoms with E-state index in [1.165, 1.54) is 0 Å². The molecule has 0 saturated carbocycles. The molecule has 1 N–H and O–H groups in total. The van der Waals surface area contributed by atoms with Crippen LogP contribution in [0.4, 0.5) is 0 Å². The Balaban J connectivity index is 3.23. The third kappa shape index (κ3) is 7.95. The van der Waals surface area contributed by atoms with Gasteiger partial charge in [0.2, 0.25) is 5.91 Å². The Kier molecular flexibility index (Phi) is 6.77. The molecule has 0 heterocycles. The summed E-state index contributed by atoms with van der Waals surface area (Å²) < 4.78 is 0. The summed E-state index contributed by atoms with van der Waals surface area (Å²) >= 11 is 10.9. The van der Waals surface area contributed by atoms with Crippen molar-refractivity contribution in [3.8, 4) is 0 Å². The minimum atomic E-state index is -0.428. The molecule has 0 aliphatic rings. The molecule has 0 aromatic carbocycles. The van der Waals surface area contributed by atoms with E-state index in [0.717, 1.165) is 13.0 Å². The van der Waals surface area contributed by atoms with Gasteiger partial charge in [-0.25, -0.2) is 0 Å². The van der Waals surface area contributed by atoms with Crippen LogP contribution in [0.1, 0.15) is 26.2 Å². The van der Waals surface area contributed by atoms with E-state index in [1.807, 2.05) is 6.92 Å². The first-order valence-corrected chi connectivity index (χ1v) is 4.59. The lowest BCUT2D eigenvalue weighted by Crippen LogP contribution is -2.23. The molecule has 0 aromatic heterocycles. The van der Waals surface area contributed by atoms with Gasteiger partial charge in [0.15, 0.2) is 0 Å². The van der Waals surface area contributed by atoms with Gasteiger partial charge >= 0.3 is 0 Å². The Morgan fingerprint density at radius 1 is 1.55 bits per heavy atom. The predicted molar refractivity (Wildman–Crippen MR) is 48.0 cm³/mol. The summed E-state index contributed by atoms with van der Waals surface area (Å²) in [4.78, 5) is 10.4. The van der Waals surface area contributed by atoms with E-state index in [9.17, 15) is 4.79 Å². The molecule has 0 bridgehead atoms. The molecule has 0 radical (unpaired) electrons. The van der Waals surface area contributed by atoms with Crippen molar-refractivity contribution in [3.05, 3.63) is 0 Å². The highest BCUT2D eigenvalue weighted by molar-refractivity contribution is 6.44. The molecule has 1 amide bonds. The Hall–Kier alpha value is 0.0500. The van der Waals surface area contributed by atoms with Gasteiger partial charge in [0, 0.05) is 13.0 Å². The average Bonchev–Trinajstić information content (AvgIpc) is 1.97. The van der Waals surface area contributed by atoms with Crippen LogP contribution in [-0.4, -0.2) is 17.3 Å². The molecule has 66 valence electrons. The second kappa shape index (κ2) is 6.74. The van der Waals surface area contributed by atoms with Crippen LogP contribution in [0.25, 0.3) is 0 Å². The zero-order valence-electron chi connectivity index (χ0n) is 6.57. The van der Waals surface area contributed by atoms with Crippen molar-refractivity contribution in [3.63, 3.8) is 0 Å². The van der Waals surface area contributed by atoms with E-state index >= 15 is 0 Å². The Morgan fingerprint density at radius 3 is 2.64 bits per heavy atom. The van der Waals surface area contributed by atoms with Gasteiger partial charge in [-0.15, -0.1) is 23.2 Å². The van der Waals surface area contributed by atoms with Gasteiger partial charge in [-0.1, -0.05) is 6.92 Å². The maximum absolute atomic E-state index is 10.9. The molecular formula is C7H13Cl2NO. The van der Waals surface area contributed by atoms with Crippen molar-refractivity contribution in [2.45, 2.75) is 31.0 Å². The molecular weight excluding hydrogens is 185 g/mol. The zero-order chi connectivity index (χ0) is 8.69. The maximum atomic E-state index is 10.9. The monoisotopic (exact) mass is 197 g/mol. The smallest absolute Gasteiger partial charge is 0.220 e. The zero-order valence-corrected chi connectivity index (χ0v) is 8.08. The van der Waals surface area contributed by atoms with Crippen LogP contribution in [0.3, 0.4) is 0 Å². The fourth-order valence-corrected chi connectivity index (χ4v) is 0.811. The van der Waals surface area contributed by atoms with Gasteiger partial charge in [0.25, 0.3) is 0 Å². The van der Waals surface area contributed by atoms with E-state index in [0.29, 0.717) is 12.8 Å². The van der Waals surface area contributed by atoms with Crippen molar-refractivity contribution in [2.24, 2.45) is 0 Å². The van der Waals surface area contributed by atoms with Crippen molar-refractivity contribution >= 4 is 29.1 Å². The molecule has 2 nitrogen and oxygen atoms in total. The highest BCUT2D eigenvalue weighted by Gasteiger charge is 2.03. The van der Waals surface area contributed by atoms with E-state index < -0.39 is 4.84 Å². The minimum absolute atomic E-state index is 0.0261. The number of nitrogens with one attached hydrogen (secondary N) is 1. The lowest BCUT2D eigenvalue weighted by atomic mass is 10.3. The summed E-state index contributed by atoms with van der Waals surface area (Å²) in [5.74, 6) is 0.0261. The number of hydrogen-bond donors (Lipinski definition) is 1. The molecule has 0 fully saturated rings. The van der Waals surface area contributed by atoms with Crippen LogP contribution in [0.2, 0.25) is 0 Å². The summed E-state index contributed by atoms with van der Waals surface area (Å²) in [6.45, 7) is 2.74. The van der Waals surface area contributed by atoms with Gasteiger partial charge in [-0.2, -0.15) is 0 Å². The molecule has 4 heteroatoms. The largest absolute Gasteiger partial charge is 0.356 e. The molecule has 11 heavy (non-hydrogen) atoms. The Bertz CT molecular complexity index is 117. The number of rotatable bonds is 5. The van der Waals surface area contributed by atoms with E-state index in [1.54, 1.807) is 0 Å². The Morgan fingerprint density at radius 2 is 2.18 bits per heavy atom. The number of carbonyl (C=O) groups excluding carboxylic acids is 1. The van der Waals surface area contributed by atoms with Crippen LogP contribution in [-0.2, 0) is 4.79 Å². The Labute approximate surface area is 77.2 Å². The third-order valence-electron chi connectivity index (χ3n) is 1.16. The number of alkyl halides is 2. The fraction of sp³-hybridized carbons (Fsp3) is 0.857. The van der Waals surface area contributed by atoms with Crippen LogP contribution in [0.15, 0.2) is 0 Å². The van der Waals surface area contributed by atoms with Gasteiger partial charge in [0.1, 0.15) is 4.84 Å². The average molecular weight is 198 g/mol. The summed E-state index contributed by atoms with van der Waals surface area (Å²) in [5, 5.41) is 2.73. The lowest BCUT2D eigenvalue weighted by molar-refractivity contribution is -0.121. The molecule has 0 aromatic rings. The van der Waals surface area contributed by atoms with Gasteiger partial charge in [-0.05, 0) is 12.8 Å². The molecule has 0 aliphatic carbocycles. The number of halogens is 2. The van der Waals surface area contributed by atoms with Gasteiger partial charge in [0.05, 0.1) is 0 Å². The van der Waals surface area contributed by atoms with Crippen molar-refractivity contribution in [1.82, 2.24) is 5.32 Å². The maximum Gasteiger partial charge on any atom is 0.220 e. The number of carbonyl (C=O) groups is 1. The highest BCUT2D eigenvalue weighted by Crippen LogP contribution is 2.08. The summed E-state index contributed by atoms with van der Waals surface area (Å²) in [6.07, 6.45) is 1.90. The number of amides is 1. The quantitative estimate of drug-likeness (QED) is 0.673. The van der Waals surface area contributed by atoms with E-state index in [2.05, 4.69) is 5.32 Å². The van der Waals surface area contributed by atoms with Crippen molar-refractivity contribution in [2.75, 3.05) is 6.54 Å². The van der Waals surface area contributed by atoms with Gasteiger partial charge in [-0.3, -0.25) is 4.79 Å². The molecule has 0 atom stereocenters. The number of hydrogen-bond acceptors (Lipinski definition) is 1. The minimum Gasteiger partial charge on any atom is -0.356 e. The third-order valence-corrected chi connectivity index (χ3v) is 1.60. The van der Waals surface area contributed by atoms with Crippen molar-refractivity contribution in [1.29, 1.82) is 0 Å². The topological polar surface area (TPSA) is 29.1 Å². The highest BCUT2D eigenvalue weighted by atomic mass is 35.5. The van der Waals surface area contributed by atoms with Gasteiger partial charge < -0.3 is 5.32 Å². The molecule has 0 rings (SSSR count). The first-order chi connectivity index (χ1) is 5.16.